The van der Waals surface area contributed by atoms with Gasteiger partial charge in [-0.1, -0.05) is 0 Å². The molecule has 0 spiro atoms. The minimum atomic E-state index is -0.438. The van der Waals surface area contributed by atoms with Gasteiger partial charge in [-0.2, -0.15) is 0 Å². The Bertz CT molecular complexity index is 503. The number of hydrogen-bond acceptors (Lipinski definition) is 5. The van der Waals surface area contributed by atoms with E-state index >= 15 is 0 Å². The normalized spacial score (nSPS) is 13.8. The highest BCUT2D eigenvalue weighted by Crippen LogP contribution is 2.28. The van der Waals surface area contributed by atoms with Crippen molar-refractivity contribution >= 4 is 23.4 Å². The van der Waals surface area contributed by atoms with Gasteiger partial charge in [0.15, 0.2) is 0 Å². The van der Waals surface area contributed by atoms with Gasteiger partial charge in [-0.3, -0.25) is 14.9 Å². The van der Waals surface area contributed by atoms with Crippen LogP contribution in [0.3, 0.4) is 0 Å². The van der Waals surface area contributed by atoms with E-state index in [1.165, 1.54) is 36.7 Å². The smallest absolute Gasteiger partial charge is 0.269 e. The average Bonchev–Trinajstić information content (AvgIpc) is 3.33. The fourth-order valence-corrected chi connectivity index (χ4v) is 2.53. The van der Waals surface area contributed by atoms with E-state index in [9.17, 15) is 14.9 Å². The molecule has 1 saturated carbocycles. The standard InChI is InChI=1S/C15H20N2O4S/c18-15(16-8-1-9-21-10-12-2-3-12)11-22-14-6-4-13(5-7-14)17(19)20/h4-7,12H,1-3,8-11H2,(H,16,18). The summed E-state index contributed by atoms with van der Waals surface area (Å²) >= 11 is 1.36. The predicted molar refractivity (Wildman–Crippen MR) is 85.0 cm³/mol. The molecule has 1 aliphatic rings. The summed E-state index contributed by atoms with van der Waals surface area (Å²) in [5.41, 5.74) is 0.0556. The Morgan fingerprint density at radius 2 is 2.09 bits per heavy atom. The third kappa shape index (κ3) is 6.44. The number of benzene rings is 1. The summed E-state index contributed by atoms with van der Waals surface area (Å²) in [6, 6.07) is 6.19. The molecule has 1 fully saturated rings. The number of non-ortho nitro benzene ring substituents is 1. The minimum absolute atomic E-state index is 0.0365. The Hall–Kier alpha value is -1.60. The van der Waals surface area contributed by atoms with Gasteiger partial charge in [0, 0.05) is 36.8 Å². The van der Waals surface area contributed by atoms with Crippen LogP contribution in [0.1, 0.15) is 19.3 Å². The summed E-state index contributed by atoms with van der Waals surface area (Å²) < 4.78 is 5.49. The molecular weight excluding hydrogens is 304 g/mol. The van der Waals surface area contributed by atoms with Gasteiger partial charge in [0.1, 0.15) is 0 Å². The number of nitrogens with one attached hydrogen (secondary N) is 1. The van der Waals surface area contributed by atoms with E-state index in [2.05, 4.69) is 5.32 Å². The van der Waals surface area contributed by atoms with Gasteiger partial charge < -0.3 is 10.1 Å². The highest BCUT2D eigenvalue weighted by atomic mass is 32.2. The van der Waals surface area contributed by atoms with Gasteiger partial charge in [0.2, 0.25) is 5.91 Å². The molecule has 0 saturated heterocycles. The summed E-state index contributed by atoms with van der Waals surface area (Å²) in [5.74, 6) is 1.04. The Morgan fingerprint density at radius 1 is 1.36 bits per heavy atom. The molecule has 1 aliphatic carbocycles. The van der Waals surface area contributed by atoms with Crippen molar-refractivity contribution in [3.63, 3.8) is 0 Å². The first-order valence-corrected chi connectivity index (χ1v) is 8.35. The van der Waals surface area contributed by atoms with Crippen LogP contribution in [0.5, 0.6) is 0 Å². The zero-order chi connectivity index (χ0) is 15.8. The number of thioether (sulfide) groups is 1. The van der Waals surface area contributed by atoms with E-state index in [4.69, 9.17) is 4.74 Å². The lowest BCUT2D eigenvalue weighted by atomic mass is 10.3. The molecule has 0 aliphatic heterocycles. The molecule has 0 unspecified atom stereocenters. The number of nitro groups is 1. The molecule has 1 aromatic rings. The highest BCUT2D eigenvalue weighted by Gasteiger charge is 2.20. The lowest BCUT2D eigenvalue weighted by Gasteiger charge is -2.06. The van der Waals surface area contributed by atoms with Crippen LogP contribution in [-0.4, -0.2) is 36.3 Å². The monoisotopic (exact) mass is 324 g/mol. The number of ether oxygens (including phenoxy) is 1. The second-order valence-electron chi connectivity index (χ2n) is 5.26. The molecule has 0 bridgehead atoms. The quantitative estimate of drug-likeness (QED) is 0.310. The molecule has 0 radical (unpaired) electrons. The first kappa shape index (κ1) is 16.8. The van der Waals surface area contributed by atoms with Gasteiger partial charge in [-0.05, 0) is 37.3 Å². The van der Waals surface area contributed by atoms with Gasteiger partial charge in [0.05, 0.1) is 10.7 Å². The minimum Gasteiger partial charge on any atom is -0.381 e. The number of rotatable bonds is 10. The van der Waals surface area contributed by atoms with Crippen LogP contribution in [0.2, 0.25) is 0 Å². The van der Waals surface area contributed by atoms with Crippen LogP contribution >= 0.6 is 11.8 Å². The highest BCUT2D eigenvalue weighted by molar-refractivity contribution is 8.00. The van der Waals surface area contributed by atoms with Gasteiger partial charge in [-0.25, -0.2) is 0 Å². The number of nitro benzene ring substituents is 1. The third-order valence-corrected chi connectivity index (χ3v) is 4.27. The third-order valence-electron chi connectivity index (χ3n) is 3.26. The number of nitrogens with zero attached hydrogens (tertiary/aromatic N) is 1. The van der Waals surface area contributed by atoms with Crippen LogP contribution in [0, 0.1) is 16.0 Å². The van der Waals surface area contributed by atoms with Crippen LogP contribution in [0.25, 0.3) is 0 Å². The van der Waals surface area contributed by atoms with Crippen LogP contribution in [0.4, 0.5) is 5.69 Å². The Labute approximate surface area is 133 Å². The largest absolute Gasteiger partial charge is 0.381 e. The van der Waals surface area contributed by atoms with E-state index < -0.39 is 4.92 Å². The van der Waals surface area contributed by atoms with Crippen molar-refractivity contribution in [3.05, 3.63) is 34.4 Å². The summed E-state index contributed by atoms with van der Waals surface area (Å²) in [5, 5.41) is 13.4. The summed E-state index contributed by atoms with van der Waals surface area (Å²) in [4.78, 5) is 22.6. The van der Waals surface area contributed by atoms with Crippen molar-refractivity contribution in [1.82, 2.24) is 5.32 Å². The first-order valence-electron chi connectivity index (χ1n) is 7.37. The van der Waals surface area contributed by atoms with Crippen molar-refractivity contribution in [2.45, 2.75) is 24.2 Å². The second-order valence-corrected chi connectivity index (χ2v) is 6.31. The van der Waals surface area contributed by atoms with Crippen molar-refractivity contribution in [1.29, 1.82) is 0 Å². The Morgan fingerprint density at radius 3 is 2.73 bits per heavy atom. The lowest BCUT2D eigenvalue weighted by molar-refractivity contribution is -0.384. The lowest BCUT2D eigenvalue weighted by Crippen LogP contribution is -2.26. The van der Waals surface area contributed by atoms with Crippen molar-refractivity contribution < 1.29 is 14.5 Å². The van der Waals surface area contributed by atoms with Crippen molar-refractivity contribution in [2.24, 2.45) is 5.92 Å². The number of carbonyl (C=O) groups excluding carboxylic acids is 1. The molecule has 1 amide bonds. The molecule has 0 aromatic heterocycles. The maximum Gasteiger partial charge on any atom is 0.269 e. The number of carbonyl (C=O) groups is 1. The second kappa shape index (κ2) is 8.75. The molecular formula is C15H20N2O4S. The predicted octanol–water partition coefficient (Wildman–Crippen LogP) is 2.62. The Balaban J connectivity index is 1.53. The number of hydrogen-bond donors (Lipinski definition) is 1. The SMILES string of the molecule is O=C(CSc1ccc([N+](=O)[O-])cc1)NCCCOCC1CC1. The molecule has 2 rings (SSSR count). The molecule has 6 nitrogen and oxygen atoms in total. The first-order chi connectivity index (χ1) is 10.6. The van der Waals surface area contributed by atoms with E-state index in [0.717, 1.165) is 23.8 Å². The summed E-state index contributed by atoms with van der Waals surface area (Å²) in [6.45, 7) is 2.15. The topological polar surface area (TPSA) is 81.5 Å². The van der Waals surface area contributed by atoms with Crippen molar-refractivity contribution in [2.75, 3.05) is 25.5 Å². The molecule has 0 atom stereocenters. The maximum absolute atomic E-state index is 11.7. The molecule has 1 N–H and O–H groups in total. The summed E-state index contributed by atoms with van der Waals surface area (Å²) in [7, 11) is 0. The zero-order valence-corrected chi connectivity index (χ0v) is 13.1. The summed E-state index contributed by atoms with van der Waals surface area (Å²) in [6.07, 6.45) is 3.40. The fraction of sp³-hybridized carbons (Fsp3) is 0.533. The zero-order valence-electron chi connectivity index (χ0n) is 12.3. The molecule has 0 heterocycles. The Kier molecular flexibility index (Phi) is 6.67. The average molecular weight is 324 g/mol. The molecule has 120 valence electrons. The van der Waals surface area contributed by atoms with E-state index in [0.29, 0.717) is 18.9 Å². The van der Waals surface area contributed by atoms with Crippen LogP contribution in [-0.2, 0) is 9.53 Å². The van der Waals surface area contributed by atoms with Crippen LogP contribution < -0.4 is 5.32 Å². The molecule has 1 aromatic carbocycles. The maximum atomic E-state index is 11.7. The molecule has 7 heteroatoms. The van der Waals surface area contributed by atoms with Crippen molar-refractivity contribution in [3.8, 4) is 0 Å². The van der Waals surface area contributed by atoms with E-state index in [-0.39, 0.29) is 11.6 Å². The molecule has 22 heavy (non-hydrogen) atoms. The van der Waals surface area contributed by atoms with E-state index in [1.807, 2.05) is 0 Å². The van der Waals surface area contributed by atoms with Crippen LogP contribution in [0.15, 0.2) is 29.2 Å². The van der Waals surface area contributed by atoms with Gasteiger partial charge in [-0.15, -0.1) is 11.8 Å². The number of amides is 1. The fourth-order valence-electron chi connectivity index (χ4n) is 1.80. The van der Waals surface area contributed by atoms with Gasteiger partial charge in [0.25, 0.3) is 5.69 Å². The van der Waals surface area contributed by atoms with Gasteiger partial charge >= 0.3 is 0 Å². The van der Waals surface area contributed by atoms with E-state index in [1.54, 1.807) is 12.1 Å².